The van der Waals surface area contributed by atoms with Crippen molar-refractivity contribution in [3.8, 4) is 5.75 Å². The van der Waals surface area contributed by atoms with Crippen LogP contribution in [0.1, 0.15) is 19.8 Å². The highest BCUT2D eigenvalue weighted by atomic mass is 16.5. The first-order chi connectivity index (χ1) is 8.25. The van der Waals surface area contributed by atoms with E-state index in [4.69, 9.17) is 4.74 Å². The molecule has 4 heteroatoms. The summed E-state index contributed by atoms with van der Waals surface area (Å²) in [6.07, 6.45) is 5.61. The smallest absolute Gasteiger partial charge is 0.260 e. The van der Waals surface area contributed by atoms with E-state index < -0.39 is 0 Å². The predicted octanol–water partition coefficient (Wildman–Crippen LogP) is 1.72. The average Bonchev–Trinajstić information content (AvgIpc) is 2.37. The second kappa shape index (κ2) is 5.66. The number of hydrogen-bond donors (Lipinski definition) is 0. The number of pyridine rings is 1. The minimum Gasteiger partial charge on any atom is -0.482 e. The molecule has 1 fully saturated rings. The van der Waals surface area contributed by atoms with Crippen molar-refractivity contribution in [3.63, 3.8) is 0 Å². The van der Waals surface area contributed by atoms with Gasteiger partial charge in [-0.05, 0) is 30.9 Å². The van der Waals surface area contributed by atoms with E-state index in [1.807, 2.05) is 4.90 Å². The van der Waals surface area contributed by atoms with Gasteiger partial charge in [0.05, 0.1) is 6.20 Å². The molecule has 0 bridgehead atoms. The van der Waals surface area contributed by atoms with E-state index in [1.165, 1.54) is 6.42 Å². The van der Waals surface area contributed by atoms with Crippen molar-refractivity contribution in [1.82, 2.24) is 9.88 Å². The predicted molar refractivity (Wildman–Crippen MR) is 64.7 cm³/mol. The minimum absolute atomic E-state index is 0.0698. The third-order valence-electron chi connectivity index (χ3n) is 3.01. The molecule has 1 aliphatic rings. The maximum absolute atomic E-state index is 11.9. The number of carbonyl (C=O) groups excluding carboxylic acids is 1. The SMILES string of the molecule is CC1CCCN(C(=O)COc2cccnc2)C1. The standard InChI is InChI=1S/C13H18N2O2/c1-11-4-3-7-15(9-11)13(16)10-17-12-5-2-6-14-8-12/h2,5-6,8,11H,3-4,7,9-10H2,1H3. The number of amides is 1. The fraction of sp³-hybridized carbons (Fsp3) is 0.538. The summed E-state index contributed by atoms with van der Waals surface area (Å²) < 4.78 is 5.40. The summed E-state index contributed by atoms with van der Waals surface area (Å²) in [5.74, 6) is 1.32. The molecule has 0 spiro atoms. The molecule has 0 aromatic carbocycles. The summed E-state index contributed by atoms with van der Waals surface area (Å²) in [4.78, 5) is 17.7. The number of likely N-dealkylation sites (tertiary alicyclic amines) is 1. The molecular weight excluding hydrogens is 216 g/mol. The van der Waals surface area contributed by atoms with E-state index >= 15 is 0 Å². The number of hydrogen-bond acceptors (Lipinski definition) is 3. The van der Waals surface area contributed by atoms with Crippen molar-refractivity contribution in [3.05, 3.63) is 24.5 Å². The lowest BCUT2D eigenvalue weighted by atomic mass is 10.0. The molecule has 2 rings (SSSR count). The molecule has 17 heavy (non-hydrogen) atoms. The van der Waals surface area contributed by atoms with Crippen LogP contribution in [0.5, 0.6) is 5.75 Å². The lowest BCUT2D eigenvalue weighted by Crippen LogP contribution is -2.41. The van der Waals surface area contributed by atoms with Gasteiger partial charge in [0.1, 0.15) is 5.75 Å². The van der Waals surface area contributed by atoms with E-state index in [0.717, 1.165) is 19.5 Å². The first-order valence-electron chi connectivity index (χ1n) is 6.06. The third-order valence-corrected chi connectivity index (χ3v) is 3.01. The molecule has 92 valence electrons. The zero-order valence-corrected chi connectivity index (χ0v) is 10.1. The summed E-state index contributed by atoms with van der Waals surface area (Å²) in [6.45, 7) is 4.01. The van der Waals surface area contributed by atoms with Gasteiger partial charge in [-0.25, -0.2) is 0 Å². The van der Waals surface area contributed by atoms with Crippen LogP contribution in [0.3, 0.4) is 0 Å². The van der Waals surface area contributed by atoms with Gasteiger partial charge in [0.2, 0.25) is 0 Å². The van der Waals surface area contributed by atoms with Crippen LogP contribution < -0.4 is 4.74 Å². The molecular formula is C13H18N2O2. The highest BCUT2D eigenvalue weighted by Crippen LogP contribution is 2.15. The van der Waals surface area contributed by atoms with E-state index in [2.05, 4.69) is 11.9 Å². The monoisotopic (exact) mass is 234 g/mol. The van der Waals surface area contributed by atoms with E-state index in [0.29, 0.717) is 11.7 Å². The Balaban J connectivity index is 1.81. The number of ether oxygens (including phenoxy) is 1. The molecule has 1 aromatic heterocycles. The quantitative estimate of drug-likeness (QED) is 0.799. The molecule has 4 nitrogen and oxygen atoms in total. The van der Waals surface area contributed by atoms with Crippen molar-refractivity contribution in [1.29, 1.82) is 0 Å². The number of aromatic nitrogens is 1. The fourth-order valence-electron chi connectivity index (χ4n) is 2.08. The van der Waals surface area contributed by atoms with Gasteiger partial charge in [-0.1, -0.05) is 6.92 Å². The van der Waals surface area contributed by atoms with Gasteiger partial charge in [0.15, 0.2) is 6.61 Å². The zero-order valence-electron chi connectivity index (χ0n) is 10.1. The number of piperidine rings is 1. The van der Waals surface area contributed by atoms with Crippen molar-refractivity contribution < 1.29 is 9.53 Å². The van der Waals surface area contributed by atoms with Crippen molar-refractivity contribution in [2.75, 3.05) is 19.7 Å². The summed E-state index contributed by atoms with van der Waals surface area (Å²) in [5, 5.41) is 0. The van der Waals surface area contributed by atoms with Crippen LogP contribution in [0.25, 0.3) is 0 Å². The first-order valence-corrected chi connectivity index (χ1v) is 6.06. The van der Waals surface area contributed by atoms with E-state index in [1.54, 1.807) is 24.5 Å². The second-order valence-corrected chi connectivity index (χ2v) is 4.56. The lowest BCUT2D eigenvalue weighted by Gasteiger charge is -2.30. The average molecular weight is 234 g/mol. The molecule has 0 N–H and O–H groups in total. The van der Waals surface area contributed by atoms with Gasteiger partial charge in [-0.15, -0.1) is 0 Å². The fourth-order valence-corrected chi connectivity index (χ4v) is 2.08. The summed E-state index contributed by atoms with van der Waals surface area (Å²) in [6, 6.07) is 3.60. The van der Waals surface area contributed by atoms with Crippen LogP contribution in [0.2, 0.25) is 0 Å². The molecule has 2 heterocycles. The van der Waals surface area contributed by atoms with Gasteiger partial charge in [-0.2, -0.15) is 0 Å². The number of rotatable bonds is 3. The topological polar surface area (TPSA) is 42.4 Å². The van der Waals surface area contributed by atoms with Crippen LogP contribution in [-0.2, 0) is 4.79 Å². The Morgan fingerprint density at radius 3 is 3.24 bits per heavy atom. The Kier molecular flexibility index (Phi) is 3.96. The number of nitrogens with zero attached hydrogens (tertiary/aromatic N) is 2. The molecule has 0 radical (unpaired) electrons. The Hall–Kier alpha value is -1.58. The van der Waals surface area contributed by atoms with Gasteiger partial charge < -0.3 is 9.64 Å². The normalized spacial score (nSPS) is 20.1. The Bertz CT molecular complexity index is 367. The highest BCUT2D eigenvalue weighted by Gasteiger charge is 2.20. The van der Waals surface area contributed by atoms with Gasteiger partial charge in [-0.3, -0.25) is 9.78 Å². The third kappa shape index (κ3) is 3.44. The molecule has 0 aliphatic carbocycles. The summed E-state index contributed by atoms with van der Waals surface area (Å²) >= 11 is 0. The summed E-state index contributed by atoms with van der Waals surface area (Å²) in [7, 11) is 0. The van der Waals surface area contributed by atoms with Crippen LogP contribution in [0.4, 0.5) is 0 Å². The highest BCUT2D eigenvalue weighted by molar-refractivity contribution is 5.77. The summed E-state index contributed by atoms with van der Waals surface area (Å²) in [5.41, 5.74) is 0. The van der Waals surface area contributed by atoms with Gasteiger partial charge >= 0.3 is 0 Å². The van der Waals surface area contributed by atoms with E-state index in [9.17, 15) is 4.79 Å². The van der Waals surface area contributed by atoms with Crippen molar-refractivity contribution >= 4 is 5.91 Å². The maximum atomic E-state index is 11.9. The number of carbonyl (C=O) groups is 1. The maximum Gasteiger partial charge on any atom is 0.260 e. The lowest BCUT2D eigenvalue weighted by molar-refractivity contribution is -0.135. The molecule has 1 saturated heterocycles. The van der Waals surface area contributed by atoms with Crippen LogP contribution >= 0.6 is 0 Å². The van der Waals surface area contributed by atoms with Crippen LogP contribution in [0, 0.1) is 5.92 Å². The Labute approximate surface area is 102 Å². The zero-order chi connectivity index (χ0) is 12.1. The van der Waals surface area contributed by atoms with Crippen LogP contribution in [0.15, 0.2) is 24.5 Å². The largest absolute Gasteiger partial charge is 0.482 e. The molecule has 1 amide bonds. The Morgan fingerprint density at radius 1 is 1.65 bits per heavy atom. The molecule has 0 saturated carbocycles. The molecule has 1 atom stereocenters. The van der Waals surface area contributed by atoms with Gasteiger partial charge in [0, 0.05) is 19.3 Å². The minimum atomic E-state index is 0.0698. The molecule has 1 aromatic rings. The van der Waals surface area contributed by atoms with Crippen molar-refractivity contribution in [2.24, 2.45) is 5.92 Å². The van der Waals surface area contributed by atoms with Crippen molar-refractivity contribution in [2.45, 2.75) is 19.8 Å². The molecule has 1 aliphatic heterocycles. The van der Waals surface area contributed by atoms with Crippen LogP contribution in [-0.4, -0.2) is 35.5 Å². The van der Waals surface area contributed by atoms with E-state index in [-0.39, 0.29) is 12.5 Å². The first kappa shape index (κ1) is 11.9. The molecule has 1 unspecified atom stereocenters. The Morgan fingerprint density at radius 2 is 2.53 bits per heavy atom. The van der Waals surface area contributed by atoms with Gasteiger partial charge in [0.25, 0.3) is 5.91 Å². The second-order valence-electron chi connectivity index (χ2n) is 4.56.